The van der Waals surface area contributed by atoms with Crippen LogP contribution in [0.25, 0.3) is 11.1 Å². The molecule has 2 heterocycles. The van der Waals surface area contributed by atoms with Crippen molar-refractivity contribution in [3.8, 4) is 16.9 Å². The Morgan fingerprint density at radius 2 is 1.90 bits per heavy atom. The molecule has 30 heavy (non-hydrogen) atoms. The number of carbonyl (C=O) groups is 2. The highest BCUT2D eigenvalue weighted by Crippen LogP contribution is 2.39. The maximum absolute atomic E-state index is 12.6. The van der Waals surface area contributed by atoms with Crippen molar-refractivity contribution >= 4 is 34.9 Å². The highest BCUT2D eigenvalue weighted by atomic mass is 35.5. The molecule has 0 saturated carbocycles. The van der Waals surface area contributed by atoms with Crippen LogP contribution in [-0.2, 0) is 16.0 Å². The Kier molecular flexibility index (Phi) is 5.46. The van der Waals surface area contributed by atoms with Crippen molar-refractivity contribution in [2.45, 2.75) is 25.8 Å². The predicted octanol–water partition coefficient (Wildman–Crippen LogP) is 4.30. The second-order valence-corrected chi connectivity index (χ2v) is 7.40. The summed E-state index contributed by atoms with van der Waals surface area (Å²) in [7, 11) is 1.62. The number of benzene rings is 2. The summed E-state index contributed by atoms with van der Waals surface area (Å²) in [4.78, 5) is 25.2. The maximum Gasteiger partial charge on any atom is 0.251 e. The molecule has 1 aromatic heterocycles. The van der Waals surface area contributed by atoms with E-state index in [2.05, 4.69) is 15.7 Å². The SMILES string of the molecule is CCc1nn2c(c1-c1ccc(OC)cc1)NC(=O)C2CC(=O)Nc1ccc(Cl)cc1. The maximum atomic E-state index is 12.6. The van der Waals surface area contributed by atoms with Gasteiger partial charge < -0.3 is 15.4 Å². The van der Waals surface area contributed by atoms with Crippen LogP contribution in [0.1, 0.15) is 25.1 Å². The van der Waals surface area contributed by atoms with E-state index in [4.69, 9.17) is 16.3 Å². The topological polar surface area (TPSA) is 85.2 Å². The summed E-state index contributed by atoms with van der Waals surface area (Å²) < 4.78 is 6.85. The average Bonchev–Trinajstić information content (AvgIpc) is 3.25. The zero-order valence-corrected chi connectivity index (χ0v) is 17.4. The first-order valence-electron chi connectivity index (χ1n) is 9.62. The van der Waals surface area contributed by atoms with Crippen LogP contribution in [-0.4, -0.2) is 28.7 Å². The quantitative estimate of drug-likeness (QED) is 0.618. The summed E-state index contributed by atoms with van der Waals surface area (Å²) in [6, 6.07) is 13.7. The van der Waals surface area contributed by atoms with Gasteiger partial charge in [-0.1, -0.05) is 30.7 Å². The number of nitrogens with zero attached hydrogens (tertiary/aromatic N) is 2. The van der Waals surface area contributed by atoms with Crippen LogP contribution in [0, 0.1) is 0 Å². The lowest BCUT2D eigenvalue weighted by atomic mass is 10.0. The minimum Gasteiger partial charge on any atom is -0.497 e. The number of nitrogens with one attached hydrogen (secondary N) is 2. The van der Waals surface area contributed by atoms with E-state index in [1.54, 1.807) is 36.1 Å². The fraction of sp³-hybridized carbons (Fsp3) is 0.227. The van der Waals surface area contributed by atoms with Crippen LogP contribution in [0.15, 0.2) is 48.5 Å². The summed E-state index contributed by atoms with van der Waals surface area (Å²) in [5, 5.41) is 10.9. The molecule has 1 aliphatic rings. The van der Waals surface area contributed by atoms with Gasteiger partial charge in [-0.15, -0.1) is 0 Å². The van der Waals surface area contributed by atoms with E-state index in [0.29, 0.717) is 22.9 Å². The van der Waals surface area contributed by atoms with Crippen LogP contribution in [0.5, 0.6) is 5.75 Å². The number of hydrogen-bond donors (Lipinski definition) is 2. The third kappa shape index (κ3) is 3.76. The number of aryl methyl sites for hydroxylation is 1. The fourth-order valence-corrected chi connectivity index (χ4v) is 3.67. The highest BCUT2D eigenvalue weighted by molar-refractivity contribution is 6.30. The Labute approximate surface area is 179 Å². The first-order valence-corrected chi connectivity index (χ1v) is 10.00. The number of ether oxygens (including phenoxy) is 1. The molecule has 154 valence electrons. The molecule has 1 unspecified atom stereocenters. The van der Waals surface area contributed by atoms with Crippen LogP contribution in [0.3, 0.4) is 0 Å². The number of hydrogen-bond acceptors (Lipinski definition) is 4. The van der Waals surface area contributed by atoms with Crippen LogP contribution < -0.4 is 15.4 Å². The molecule has 0 fully saturated rings. The van der Waals surface area contributed by atoms with Crippen LogP contribution in [0.4, 0.5) is 11.5 Å². The van der Waals surface area contributed by atoms with E-state index in [9.17, 15) is 9.59 Å². The molecular formula is C22H21ClN4O3. The zero-order valence-electron chi connectivity index (χ0n) is 16.6. The molecule has 1 atom stereocenters. The van der Waals surface area contributed by atoms with Gasteiger partial charge >= 0.3 is 0 Å². The van der Waals surface area contributed by atoms with Gasteiger partial charge in [0.05, 0.1) is 19.2 Å². The van der Waals surface area contributed by atoms with Gasteiger partial charge in [0, 0.05) is 16.3 Å². The Balaban J connectivity index is 1.59. The number of rotatable bonds is 6. The molecule has 3 aromatic rings. The molecule has 7 nitrogen and oxygen atoms in total. The van der Waals surface area contributed by atoms with Crippen molar-refractivity contribution in [1.82, 2.24) is 9.78 Å². The van der Waals surface area contributed by atoms with Gasteiger partial charge in [-0.25, -0.2) is 4.68 Å². The summed E-state index contributed by atoms with van der Waals surface area (Å²) >= 11 is 5.88. The third-order valence-electron chi connectivity index (χ3n) is 5.04. The number of methoxy groups -OCH3 is 1. The Morgan fingerprint density at radius 3 is 2.53 bits per heavy atom. The highest BCUT2D eigenvalue weighted by Gasteiger charge is 2.36. The Hall–Kier alpha value is -3.32. The van der Waals surface area contributed by atoms with Gasteiger partial charge in [-0.05, 0) is 48.4 Å². The van der Waals surface area contributed by atoms with Gasteiger partial charge in [0.25, 0.3) is 5.91 Å². The summed E-state index contributed by atoms with van der Waals surface area (Å²) in [5.74, 6) is 0.846. The van der Waals surface area contributed by atoms with E-state index in [-0.39, 0.29) is 18.2 Å². The van der Waals surface area contributed by atoms with Gasteiger partial charge in [-0.2, -0.15) is 5.10 Å². The smallest absolute Gasteiger partial charge is 0.251 e. The lowest BCUT2D eigenvalue weighted by molar-refractivity contribution is -0.123. The van der Waals surface area contributed by atoms with Crippen LogP contribution >= 0.6 is 11.6 Å². The van der Waals surface area contributed by atoms with Gasteiger partial charge in [0.15, 0.2) is 0 Å². The molecule has 2 aromatic carbocycles. The van der Waals surface area contributed by atoms with E-state index < -0.39 is 6.04 Å². The standard InChI is InChI=1S/C22H21ClN4O3/c1-3-17-20(13-4-10-16(30-2)11-5-13)21-25-22(29)18(27(21)26-17)12-19(28)24-15-8-6-14(23)7-9-15/h4-11,18H,3,12H2,1-2H3,(H,24,28)(H,25,29). The Morgan fingerprint density at radius 1 is 1.20 bits per heavy atom. The molecule has 4 rings (SSSR count). The summed E-state index contributed by atoms with van der Waals surface area (Å²) in [6.07, 6.45) is 0.676. The number of amides is 2. The minimum atomic E-state index is -0.704. The van der Waals surface area contributed by atoms with Crippen molar-refractivity contribution in [1.29, 1.82) is 0 Å². The van der Waals surface area contributed by atoms with E-state index in [1.165, 1.54) is 0 Å². The van der Waals surface area contributed by atoms with Crippen molar-refractivity contribution in [3.63, 3.8) is 0 Å². The average molecular weight is 425 g/mol. The second-order valence-electron chi connectivity index (χ2n) is 6.96. The van der Waals surface area contributed by atoms with Crippen LogP contribution in [0.2, 0.25) is 5.02 Å². The van der Waals surface area contributed by atoms with E-state index in [1.807, 2.05) is 31.2 Å². The molecule has 0 spiro atoms. The number of halogens is 1. The normalized spacial score (nSPS) is 14.9. The van der Waals surface area contributed by atoms with Gasteiger partial charge in [0.2, 0.25) is 5.91 Å². The largest absolute Gasteiger partial charge is 0.497 e. The van der Waals surface area contributed by atoms with Crippen molar-refractivity contribution < 1.29 is 14.3 Å². The van der Waals surface area contributed by atoms with Gasteiger partial charge in [-0.3, -0.25) is 9.59 Å². The van der Waals surface area contributed by atoms with Crippen molar-refractivity contribution in [2.75, 3.05) is 17.7 Å². The van der Waals surface area contributed by atoms with E-state index in [0.717, 1.165) is 22.6 Å². The molecule has 1 aliphatic heterocycles. The lowest BCUT2D eigenvalue weighted by Gasteiger charge is -2.10. The molecule has 2 amide bonds. The third-order valence-corrected chi connectivity index (χ3v) is 5.29. The number of anilines is 2. The molecule has 0 saturated heterocycles. The molecule has 8 heteroatoms. The number of fused-ring (bicyclic) bond motifs is 1. The minimum absolute atomic E-state index is 0.0195. The molecule has 0 radical (unpaired) electrons. The first-order chi connectivity index (χ1) is 14.5. The van der Waals surface area contributed by atoms with Crippen molar-refractivity contribution in [2.24, 2.45) is 0 Å². The van der Waals surface area contributed by atoms with E-state index >= 15 is 0 Å². The molecule has 0 aliphatic carbocycles. The molecule has 2 N–H and O–H groups in total. The monoisotopic (exact) mass is 424 g/mol. The fourth-order valence-electron chi connectivity index (χ4n) is 3.55. The predicted molar refractivity (Wildman–Crippen MR) is 116 cm³/mol. The number of aromatic nitrogens is 2. The zero-order chi connectivity index (χ0) is 21.3. The summed E-state index contributed by atoms with van der Waals surface area (Å²) in [6.45, 7) is 2.01. The Bertz CT molecular complexity index is 1090. The van der Waals surface area contributed by atoms with Crippen molar-refractivity contribution in [3.05, 3.63) is 59.2 Å². The lowest BCUT2D eigenvalue weighted by Crippen LogP contribution is -2.23. The molecular weight excluding hydrogens is 404 g/mol. The summed E-state index contributed by atoms with van der Waals surface area (Å²) in [5.41, 5.74) is 3.28. The second kappa shape index (κ2) is 8.20. The van der Waals surface area contributed by atoms with Gasteiger partial charge in [0.1, 0.15) is 17.6 Å². The number of carbonyl (C=O) groups excluding carboxylic acids is 2. The first kappa shape index (κ1) is 20.0. The molecule has 0 bridgehead atoms.